The van der Waals surface area contributed by atoms with E-state index in [-0.39, 0.29) is 27.7 Å². The highest BCUT2D eigenvalue weighted by atomic mass is 32.2. The Morgan fingerprint density at radius 1 is 1.07 bits per heavy atom. The fraction of sp³-hybridized carbons (Fsp3) is 0.0909. The molecule has 0 amide bonds. The summed E-state index contributed by atoms with van der Waals surface area (Å²) in [6.07, 6.45) is 3.58. The Morgan fingerprint density at radius 2 is 1.84 bits per heavy atom. The maximum atomic E-state index is 13.8. The Morgan fingerprint density at radius 3 is 2.49 bits per heavy atom. The molecule has 0 N–H and O–H groups in total. The summed E-state index contributed by atoms with van der Waals surface area (Å²) >= 11 is 1.01. The van der Waals surface area contributed by atoms with Gasteiger partial charge in [0.25, 0.3) is 0 Å². The first-order chi connectivity index (χ1) is 20.8. The van der Waals surface area contributed by atoms with Crippen molar-refractivity contribution in [3.05, 3.63) is 132 Å². The third-order valence-electron chi connectivity index (χ3n) is 6.52. The first-order valence-electron chi connectivity index (χ1n) is 12.9. The van der Waals surface area contributed by atoms with Gasteiger partial charge in [-0.05, 0) is 59.7 Å². The van der Waals surface area contributed by atoms with E-state index in [0.717, 1.165) is 23.5 Å². The third-order valence-corrected chi connectivity index (χ3v) is 7.55. The first-order valence-corrected chi connectivity index (χ1v) is 13.9. The lowest BCUT2D eigenvalue weighted by atomic mass is 10.0. The Hall–Kier alpha value is -5.14. The fourth-order valence-electron chi connectivity index (χ4n) is 4.36. The molecule has 5 aromatic rings. The number of nitriles is 1. The number of hydrogen-bond donors (Lipinski definition) is 0. The van der Waals surface area contributed by atoms with Crippen LogP contribution in [0, 0.1) is 11.3 Å². The topological polar surface area (TPSA) is 80.8 Å². The first kappa shape index (κ1) is 29.4. The molecule has 0 radical (unpaired) electrons. The Balaban J connectivity index is 1.39. The van der Waals surface area contributed by atoms with Gasteiger partial charge in [-0.1, -0.05) is 42.5 Å². The number of allylic oxidation sites excluding steroid dienone is 1. The van der Waals surface area contributed by atoms with Gasteiger partial charge in [0.1, 0.15) is 22.5 Å². The molecule has 2 aromatic heterocycles. The lowest BCUT2D eigenvalue weighted by Crippen LogP contribution is -2.10. The molecule has 0 aliphatic rings. The second-order valence-electron chi connectivity index (χ2n) is 9.29. The average Bonchev–Trinajstić information content (AvgIpc) is 3.57. The highest BCUT2D eigenvalue weighted by molar-refractivity contribution is 7.98. The zero-order valence-electron chi connectivity index (χ0n) is 22.7. The molecule has 0 atom stereocenters. The van der Waals surface area contributed by atoms with Crippen LogP contribution in [0.5, 0.6) is 5.75 Å². The van der Waals surface area contributed by atoms with E-state index < -0.39 is 11.9 Å². The zero-order valence-corrected chi connectivity index (χ0v) is 23.6. The molecule has 10 heteroatoms. The number of rotatable bonds is 9. The molecule has 6 nitrogen and oxygen atoms in total. The van der Waals surface area contributed by atoms with Crippen LogP contribution in [0.4, 0.5) is 13.2 Å². The summed E-state index contributed by atoms with van der Waals surface area (Å²) in [5.41, 5.74) is 2.38. The van der Waals surface area contributed by atoms with Gasteiger partial charge in [-0.3, -0.25) is 4.79 Å². The van der Waals surface area contributed by atoms with Crippen LogP contribution in [0.1, 0.15) is 32.7 Å². The van der Waals surface area contributed by atoms with Crippen LogP contribution in [0.15, 0.2) is 109 Å². The maximum absolute atomic E-state index is 13.8. The molecular weight excluding hydrogens is 573 g/mol. The van der Waals surface area contributed by atoms with Crippen molar-refractivity contribution in [1.29, 1.82) is 5.26 Å². The number of carbonyl (C=O) groups is 1. The van der Waals surface area contributed by atoms with E-state index in [1.54, 1.807) is 79.3 Å². The summed E-state index contributed by atoms with van der Waals surface area (Å²) in [7, 11) is 1.49. The number of pyridine rings is 1. The summed E-state index contributed by atoms with van der Waals surface area (Å²) in [6.45, 7) is 0. The molecule has 214 valence electrons. The fourth-order valence-corrected chi connectivity index (χ4v) is 5.34. The van der Waals surface area contributed by atoms with Gasteiger partial charge in [0.15, 0.2) is 5.78 Å². The number of thioether (sulfide) groups is 1. The highest BCUT2D eigenvalue weighted by Crippen LogP contribution is 2.38. The minimum atomic E-state index is -4.69. The SMILES string of the molecule is COc1ccc(/C=C/C(=O)c2ccc(-n3ccnc3)cc2)cc1CSc1nc(C(F)(F)F)cc(-c2ccccc2)c1C#N. The number of hydrogen-bond acceptors (Lipinski definition) is 6. The van der Waals surface area contributed by atoms with Crippen LogP contribution >= 0.6 is 11.8 Å². The normalized spacial score (nSPS) is 11.4. The van der Waals surface area contributed by atoms with Gasteiger partial charge < -0.3 is 9.30 Å². The number of halogens is 3. The molecule has 0 aliphatic carbocycles. The van der Waals surface area contributed by atoms with Crippen LogP contribution in [0.2, 0.25) is 0 Å². The second-order valence-corrected chi connectivity index (χ2v) is 10.2. The van der Waals surface area contributed by atoms with Crippen LogP contribution in [0.25, 0.3) is 22.9 Å². The Kier molecular flexibility index (Phi) is 8.74. The molecule has 43 heavy (non-hydrogen) atoms. The number of imidazole rings is 1. The number of nitrogens with zero attached hydrogens (tertiary/aromatic N) is 4. The molecule has 0 aliphatic heterocycles. The smallest absolute Gasteiger partial charge is 0.433 e. The molecule has 5 rings (SSSR count). The minimum absolute atomic E-state index is 0.0338. The summed E-state index contributed by atoms with van der Waals surface area (Å²) in [4.78, 5) is 20.6. The van der Waals surface area contributed by atoms with Crippen molar-refractivity contribution >= 4 is 23.6 Å². The highest BCUT2D eigenvalue weighted by Gasteiger charge is 2.34. The third kappa shape index (κ3) is 6.85. The number of alkyl halides is 3. The average molecular weight is 597 g/mol. The summed E-state index contributed by atoms with van der Waals surface area (Å²) < 4.78 is 48.6. The van der Waals surface area contributed by atoms with Crippen molar-refractivity contribution in [2.24, 2.45) is 0 Å². The van der Waals surface area contributed by atoms with E-state index >= 15 is 0 Å². The second kappa shape index (κ2) is 12.8. The van der Waals surface area contributed by atoms with E-state index in [0.29, 0.717) is 28.0 Å². The van der Waals surface area contributed by atoms with E-state index in [9.17, 15) is 23.2 Å². The van der Waals surface area contributed by atoms with Gasteiger partial charge in [-0.15, -0.1) is 11.8 Å². The van der Waals surface area contributed by atoms with E-state index in [1.165, 1.54) is 13.2 Å². The lowest BCUT2D eigenvalue weighted by Gasteiger charge is -2.15. The Bertz CT molecular complexity index is 1810. The van der Waals surface area contributed by atoms with Gasteiger partial charge in [0.2, 0.25) is 0 Å². The van der Waals surface area contributed by atoms with Gasteiger partial charge in [0, 0.05) is 40.5 Å². The van der Waals surface area contributed by atoms with E-state index in [2.05, 4.69) is 9.97 Å². The molecule has 2 heterocycles. The monoisotopic (exact) mass is 596 g/mol. The lowest BCUT2D eigenvalue weighted by molar-refractivity contribution is -0.141. The number of benzene rings is 3. The Labute approximate surface area is 250 Å². The van der Waals surface area contributed by atoms with Crippen LogP contribution < -0.4 is 4.74 Å². The van der Waals surface area contributed by atoms with Crippen molar-refractivity contribution in [3.63, 3.8) is 0 Å². The molecule has 0 saturated carbocycles. The molecular formula is C33H23F3N4O2S. The van der Waals surface area contributed by atoms with E-state index in [4.69, 9.17) is 4.74 Å². The van der Waals surface area contributed by atoms with Crippen molar-refractivity contribution in [2.75, 3.05) is 7.11 Å². The van der Waals surface area contributed by atoms with Crippen molar-refractivity contribution in [1.82, 2.24) is 14.5 Å². The maximum Gasteiger partial charge on any atom is 0.433 e. The summed E-state index contributed by atoms with van der Waals surface area (Å²) in [5, 5.41) is 9.89. The van der Waals surface area contributed by atoms with Crippen molar-refractivity contribution in [3.8, 4) is 28.6 Å². The quantitative estimate of drug-likeness (QED) is 0.0974. The zero-order chi connectivity index (χ0) is 30.4. The summed E-state index contributed by atoms with van der Waals surface area (Å²) in [6, 6.07) is 23.8. The molecule has 0 bridgehead atoms. The number of ketones is 1. The van der Waals surface area contributed by atoms with Crippen LogP contribution in [-0.4, -0.2) is 27.4 Å². The number of aromatic nitrogens is 3. The van der Waals surface area contributed by atoms with E-state index in [1.807, 2.05) is 29.0 Å². The molecule has 0 saturated heterocycles. The number of ether oxygens (including phenoxy) is 1. The molecule has 0 fully saturated rings. The number of methoxy groups -OCH3 is 1. The predicted octanol–water partition coefficient (Wildman–Crippen LogP) is 8.02. The standard InChI is InChI=1S/C33H23F3N4O2S/c1-42-30-14-8-22(7-13-29(41)24-9-11-26(12-10-24)40-16-15-38-21-40)17-25(30)20-43-32-28(19-37)27(23-5-3-2-4-6-23)18-31(39-32)33(34,35)36/h2-18,21H,20H2,1H3/b13-7+. The number of carbonyl (C=O) groups excluding carboxylic acids is 1. The van der Waals surface area contributed by atoms with Gasteiger partial charge in [0.05, 0.1) is 19.0 Å². The van der Waals surface area contributed by atoms with Gasteiger partial charge in [-0.25, -0.2) is 9.97 Å². The minimum Gasteiger partial charge on any atom is -0.496 e. The predicted molar refractivity (Wildman–Crippen MR) is 159 cm³/mol. The molecule has 3 aromatic carbocycles. The van der Waals surface area contributed by atoms with Gasteiger partial charge >= 0.3 is 6.18 Å². The molecule has 0 unspecified atom stereocenters. The van der Waals surface area contributed by atoms with Crippen molar-refractivity contribution < 1.29 is 22.7 Å². The van der Waals surface area contributed by atoms with Crippen LogP contribution in [0.3, 0.4) is 0 Å². The summed E-state index contributed by atoms with van der Waals surface area (Å²) in [5.74, 6) is 0.496. The molecule has 0 spiro atoms. The van der Waals surface area contributed by atoms with Crippen LogP contribution in [-0.2, 0) is 11.9 Å². The largest absolute Gasteiger partial charge is 0.496 e. The van der Waals surface area contributed by atoms with Gasteiger partial charge in [-0.2, -0.15) is 18.4 Å². The van der Waals surface area contributed by atoms with Crippen molar-refractivity contribution in [2.45, 2.75) is 17.0 Å².